The number of piperidine rings is 2. The molecule has 1 saturated carbocycles. The van der Waals surface area contributed by atoms with Crippen LogP contribution >= 0.6 is 0 Å². The first-order valence-electron chi connectivity index (χ1n) is 15.7. The van der Waals surface area contributed by atoms with Crippen LogP contribution in [0.3, 0.4) is 0 Å². The molecule has 2 aliphatic heterocycles. The first-order valence-corrected chi connectivity index (χ1v) is 24.1. The molecule has 5 atom stereocenters. The summed E-state index contributed by atoms with van der Waals surface area (Å²) in [7, 11) is -6.29. The van der Waals surface area contributed by atoms with Crippen molar-refractivity contribution in [2.75, 3.05) is 0 Å². The predicted molar refractivity (Wildman–Crippen MR) is 175 cm³/mol. The van der Waals surface area contributed by atoms with E-state index >= 15 is 0 Å². The zero-order valence-corrected chi connectivity index (χ0v) is 30.9. The van der Waals surface area contributed by atoms with E-state index in [0.717, 1.165) is 30.1 Å². The van der Waals surface area contributed by atoms with Gasteiger partial charge in [-0.1, -0.05) is 92.6 Å². The van der Waals surface area contributed by atoms with Crippen molar-refractivity contribution in [3.63, 3.8) is 0 Å². The standard InChI is InChI=1S/C32H59NO4Si3/c1-14-40(15-2,16-3)37-29-27-26(35-38(10,11)31(4,5)6)22-25(28(29)36-39(12,13)32(7,8)9)30(34)33(27)23-24-20-18-17-19-21-24/h17-21,25-29H,14-16,22-23H2,1-13H3/t25-,26+,27+,28?,29?/m1/s1. The zero-order valence-electron chi connectivity index (χ0n) is 27.9. The van der Waals surface area contributed by atoms with E-state index < -0.39 is 25.0 Å². The molecule has 3 aliphatic rings. The molecule has 40 heavy (non-hydrogen) atoms. The maximum absolute atomic E-state index is 14.3. The Morgan fingerprint density at radius 2 is 1.27 bits per heavy atom. The Bertz CT molecular complexity index is 989. The van der Waals surface area contributed by atoms with E-state index in [0.29, 0.717) is 6.54 Å². The fourth-order valence-corrected chi connectivity index (χ4v) is 11.4. The van der Waals surface area contributed by atoms with Crippen molar-refractivity contribution in [1.29, 1.82) is 0 Å². The molecule has 2 saturated heterocycles. The van der Waals surface area contributed by atoms with Crippen LogP contribution in [0.4, 0.5) is 0 Å². The maximum atomic E-state index is 14.3. The molecular weight excluding hydrogens is 547 g/mol. The fourth-order valence-electron chi connectivity index (χ4n) is 5.87. The van der Waals surface area contributed by atoms with Gasteiger partial charge < -0.3 is 18.2 Å². The Morgan fingerprint density at radius 3 is 1.75 bits per heavy atom. The summed E-state index contributed by atoms with van der Waals surface area (Å²) in [6, 6.07) is 13.5. The van der Waals surface area contributed by atoms with Gasteiger partial charge in [0, 0.05) is 6.54 Å². The molecule has 0 radical (unpaired) electrons. The van der Waals surface area contributed by atoms with Crippen molar-refractivity contribution in [3.8, 4) is 0 Å². The topological polar surface area (TPSA) is 48.0 Å². The molecule has 3 fully saturated rings. The Morgan fingerprint density at radius 1 is 0.775 bits per heavy atom. The van der Waals surface area contributed by atoms with Crippen LogP contribution in [-0.2, 0) is 24.6 Å². The lowest BCUT2D eigenvalue weighted by Crippen LogP contribution is -2.75. The van der Waals surface area contributed by atoms with Crippen LogP contribution < -0.4 is 0 Å². The Balaban J connectivity index is 2.15. The van der Waals surface area contributed by atoms with E-state index in [4.69, 9.17) is 13.3 Å². The SMILES string of the molecule is CC[Si](CC)(CC)OC1C(O[Si](C)(C)C(C)(C)C)[C@H]2C[C@H](O[Si](C)(C)C(C)(C)C)[C@@H]1N(Cc1ccccc1)C2=O. The number of hydrogen-bond donors (Lipinski definition) is 0. The molecule has 0 spiro atoms. The molecule has 0 aromatic heterocycles. The summed E-state index contributed by atoms with van der Waals surface area (Å²) in [5, 5.41) is 0.132. The third-order valence-corrected chi connectivity index (χ3v) is 24.5. The second-order valence-electron chi connectivity index (χ2n) is 15.4. The van der Waals surface area contributed by atoms with Crippen molar-refractivity contribution >= 4 is 30.9 Å². The van der Waals surface area contributed by atoms with Crippen LogP contribution in [0.1, 0.15) is 74.3 Å². The number of carbonyl (C=O) groups excluding carboxylic acids is 1. The van der Waals surface area contributed by atoms with E-state index in [1.807, 2.05) is 6.07 Å². The number of benzene rings is 1. The van der Waals surface area contributed by atoms with Gasteiger partial charge in [0.05, 0.1) is 30.3 Å². The number of carbonyl (C=O) groups is 1. The molecule has 1 aromatic rings. The predicted octanol–water partition coefficient (Wildman–Crippen LogP) is 8.59. The average molecular weight is 606 g/mol. The van der Waals surface area contributed by atoms with Gasteiger partial charge in [0.25, 0.3) is 0 Å². The monoisotopic (exact) mass is 605 g/mol. The Labute approximate surface area is 249 Å². The third-order valence-electron chi connectivity index (χ3n) is 10.9. The highest BCUT2D eigenvalue weighted by Crippen LogP contribution is 2.49. The number of fused-ring (bicyclic) bond motifs is 3. The molecule has 1 aliphatic carbocycles. The summed E-state index contributed by atoms with van der Waals surface area (Å²) >= 11 is 0. The van der Waals surface area contributed by atoms with Crippen LogP contribution in [-0.4, -0.2) is 60.1 Å². The quantitative estimate of drug-likeness (QED) is 0.237. The van der Waals surface area contributed by atoms with Gasteiger partial charge in [-0.3, -0.25) is 4.79 Å². The lowest BCUT2D eigenvalue weighted by Gasteiger charge is -2.60. The number of nitrogens with zero attached hydrogens (tertiary/aromatic N) is 1. The van der Waals surface area contributed by atoms with Crippen LogP contribution in [0.5, 0.6) is 0 Å². The minimum atomic E-state index is -2.17. The summed E-state index contributed by atoms with van der Waals surface area (Å²) in [6.45, 7) is 30.5. The molecule has 1 aromatic carbocycles. The summed E-state index contributed by atoms with van der Waals surface area (Å²) in [6.07, 6.45) is 0.282. The highest BCUT2D eigenvalue weighted by Gasteiger charge is 2.62. The van der Waals surface area contributed by atoms with E-state index in [2.05, 4.69) is 118 Å². The largest absolute Gasteiger partial charge is 0.412 e. The average Bonchev–Trinajstić information content (AvgIpc) is 2.85. The minimum Gasteiger partial charge on any atom is -0.412 e. The molecule has 2 bridgehead atoms. The molecule has 2 heterocycles. The minimum absolute atomic E-state index is 0.0474. The van der Waals surface area contributed by atoms with Gasteiger partial charge in [-0.05, 0) is 66.4 Å². The van der Waals surface area contributed by atoms with Crippen molar-refractivity contribution in [2.45, 2.75) is 154 Å². The van der Waals surface area contributed by atoms with Gasteiger partial charge in [-0.15, -0.1) is 0 Å². The Kier molecular flexibility index (Phi) is 10.2. The highest BCUT2D eigenvalue weighted by atomic mass is 28.4. The Hall–Kier alpha value is -0.779. The van der Waals surface area contributed by atoms with E-state index in [-0.39, 0.29) is 46.3 Å². The van der Waals surface area contributed by atoms with Gasteiger partial charge in [-0.25, -0.2) is 0 Å². The van der Waals surface area contributed by atoms with Crippen LogP contribution in [0.15, 0.2) is 30.3 Å². The lowest BCUT2D eigenvalue weighted by atomic mass is 9.73. The molecule has 5 nitrogen and oxygen atoms in total. The van der Waals surface area contributed by atoms with Gasteiger partial charge in [-0.2, -0.15) is 0 Å². The third kappa shape index (κ3) is 6.72. The molecular formula is C32H59NO4Si3. The lowest BCUT2D eigenvalue weighted by molar-refractivity contribution is -0.190. The van der Waals surface area contributed by atoms with E-state index in [1.54, 1.807) is 0 Å². The van der Waals surface area contributed by atoms with Gasteiger partial charge >= 0.3 is 0 Å². The summed E-state index contributed by atoms with van der Waals surface area (Å²) in [5.74, 6) is -0.0378. The van der Waals surface area contributed by atoms with Crippen molar-refractivity contribution in [1.82, 2.24) is 4.90 Å². The summed E-state index contributed by atoms with van der Waals surface area (Å²) in [5.41, 5.74) is 1.15. The highest BCUT2D eigenvalue weighted by molar-refractivity contribution is 6.75. The molecule has 0 N–H and O–H groups in total. The number of amides is 1. The molecule has 2 unspecified atom stereocenters. The number of rotatable bonds is 11. The van der Waals surface area contributed by atoms with Gasteiger partial charge in [0.1, 0.15) is 0 Å². The first kappa shape index (κ1) is 33.7. The van der Waals surface area contributed by atoms with Gasteiger partial charge in [0.15, 0.2) is 25.0 Å². The molecule has 1 amide bonds. The summed E-state index contributed by atoms with van der Waals surface area (Å²) in [4.78, 5) is 16.5. The number of hydrogen-bond acceptors (Lipinski definition) is 4. The molecule has 8 heteroatoms. The maximum Gasteiger partial charge on any atom is 0.229 e. The van der Waals surface area contributed by atoms with E-state index in [1.165, 1.54) is 0 Å². The first-order chi connectivity index (χ1) is 18.3. The fraction of sp³-hybridized carbons (Fsp3) is 0.781. The van der Waals surface area contributed by atoms with Crippen molar-refractivity contribution < 1.29 is 18.1 Å². The van der Waals surface area contributed by atoms with Crippen LogP contribution in [0.25, 0.3) is 0 Å². The zero-order chi connectivity index (χ0) is 30.3. The van der Waals surface area contributed by atoms with Crippen molar-refractivity contribution in [2.24, 2.45) is 5.92 Å². The molecule has 4 rings (SSSR count). The smallest absolute Gasteiger partial charge is 0.229 e. The van der Waals surface area contributed by atoms with Gasteiger partial charge in [0.2, 0.25) is 5.91 Å². The van der Waals surface area contributed by atoms with Crippen LogP contribution in [0.2, 0.25) is 54.4 Å². The molecule has 228 valence electrons. The van der Waals surface area contributed by atoms with Crippen LogP contribution in [0, 0.1) is 5.92 Å². The second kappa shape index (κ2) is 12.1. The van der Waals surface area contributed by atoms with E-state index in [9.17, 15) is 4.79 Å². The normalized spacial score (nSPS) is 26.5. The van der Waals surface area contributed by atoms with Crippen molar-refractivity contribution in [3.05, 3.63) is 35.9 Å². The summed E-state index contributed by atoms with van der Waals surface area (Å²) < 4.78 is 21.9. The second-order valence-corrected chi connectivity index (χ2v) is 29.6.